The number of rotatable bonds is 1. The summed E-state index contributed by atoms with van der Waals surface area (Å²) in [7, 11) is -0.980. The quantitative estimate of drug-likeness (QED) is 0.798. The molecule has 1 aromatic carbocycles. The topological polar surface area (TPSA) is 30.5 Å². The van der Waals surface area contributed by atoms with E-state index in [0.717, 1.165) is 11.1 Å². The van der Waals surface area contributed by atoms with Gasteiger partial charge in [-0.15, -0.1) is 0 Å². The molecule has 0 bridgehead atoms. The van der Waals surface area contributed by atoms with E-state index >= 15 is 4.39 Å². The van der Waals surface area contributed by atoms with Gasteiger partial charge in [-0.05, 0) is 44.9 Å². The molecule has 0 spiro atoms. The summed E-state index contributed by atoms with van der Waals surface area (Å²) in [5, 5.41) is 3.83. The summed E-state index contributed by atoms with van der Waals surface area (Å²) in [4.78, 5) is 0. The van der Waals surface area contributed by atoms with Crippen molar-refractivity contribution in [1.82, 2.24) is 5.32 Å². The maximum absolute atomic E-state index is 15.0. The molecule has 2 aliphatic heterocycles. The molecule has 3 rings (SSSR count). The number of hydrogen-bond donors (Lipinski definition) is 1. The van der Waals surface area contributed by atoms with Gasteiger partial charge in [-0.3, -0.25) is 0 Å². The van der Waals surface area contributed by atoms with Gasteiger partial charge >= 0.3 is 7.12 Å². The molecule has 3 nitrogen and oxygen atoms in total. The molecule has 0 aromatic heterocycles. The largest absolute Gasteiger partial charge is 0.525 e. The van der Waals surface area contributed by atoms with Gasteiger partial charge in [0.25, 0.3) is 0 Å². The number of nitrogens with one attached hydrogen (secondary N) is 1. The van der Waals surface area contributed by atoms with E-state index in [9.17, 15) is 0 Å². The fourth-order valence-electron chi connectivity index (χ4n) is 2.73. The summed E-state index contributed by atoms with van der Waals surface area (Å²) < 4.78 is 26.7. The zero-order chi connectivity index (χ0) is 16.1. The zero-order valence-electron chi connectivity index (χ0n) is 13.3. The molecule has 1 fully saturated rings. The lowest BCUT2D eigenvalue weighted by Gasteiger charge is -2.32. The second kappa shape index (κ2) is 5.34. The van der Waals surface area contributed by atoms with Crippen molar-refractivity contribution < 1.29 is 13.7 Å². The Morgan fingerprint density at radius 2 is 1.82 bits per heavy atom. The smallest absolute Gasteiger partial charge is 0.398 e. The Morgan fingerprint density at radius 3 is 2.45 bits per heavy atom. The molecule has 0 atom stereocenters. The third-order valence-corrected chi connectivity index (χ3v) is 5.15. The molecule has 22 heavy (non-hydrogen) atoms. The maximum Gasteiger partial charge on any atom is 0.525 e. The van der Waals surface area contributed by atoms with Gasteiger partial charge in [0.1, 0.15) is 5.73 Å². The van der Waals surface area contributed by atoms with Crippen molar-refractivity contribution in [1.29, 1.82) is 0 Å². The van der Waals surface area contributed by atoms with Crippen molar-refractivity contribution in [3.63, 3.8) is 0 Å². The van der Waals surface area contributed by atoms with Crippen LogP contribution in [0.2, 0.25) is 5.02 Å². The third-order valence-electron chi connectivity index (χ3n) is 4.80. The lowest BCUT2D eigenvalue weighted by molar-refractivity contribution is 0.00578. The first kappa shape index (κ1) is 16.0. The number of fused-ring (bicyclic) bond motifs is 1. The molecule has 1 N–H and O–H groups in total. The molecule has 0 amide bonds. The molecule has 118 valence electrons. The highest BCUT2D eigenvalue weighted by Crippen LogP contribution is 2.41. The fraction of sp³-hybridized carbons (Fsp3) is 0.500. The second-order valence-electron chi connectivity index (χ2n) is 6.78. The fourth-order valence-corrected chi connectivity index (χ4v) is 2.97. The lowest BCUT2D eigenvalue weighted by Crippen LogP contribution is -2.41. The van der Waals surface area contributed by atoms with Crippen LogP contribution in [-0.4, -0.2) is 24.9 Å². The van der Waals surface area contributed by atoms with Crippen molar-refractivity contribution in [2.24, 2.45) is 0 Å². The minimum absolute atomic E-state index is 0.380. The molecular weight excluding hydrogens is 303 g/mol. The van der Waals surface area contributed by atoms with E-state index in [4.69, 9.17) is 20.9 Å². The minimum atomic E-state index is -0.980. The lowest BCUT2D eigenvalue weighted by atomic mass is 9.81. The van der Waals surface area contributed by atoms with Crippen LogP contribution in [0.5, 0.6) is 0 Å². The van der Waals surface area contributed by atoms with Gasteiger partial charge in [0.2, 0.25) is 0 Å². The van der Waals surface area contributed by atoms with Crippen LogP contribution in [0.15, 0.2) is 23.9 Å². The molecule has 6 heteroatoms. The molecule has 0 saturated carbocycles. The van der Waals surface area contributed by atoms with Crippen LogP contribution in [0, 0.1) is 0 Å². The molecular formula is C16H20BClFNO2. The molecule has 0 radical (unpaired) electrons. The van der Waals surface area contributed by atoms with E-state index < -0.39 is 18.3 Å². The van der Waals surface area contributed by atoms with Crippen LogP contribution < -0.4 is 5.32 Å². The van der Waals surface area contributed by atoms with Crippen molar-refractivity contribution in [2.45, 2.75) is 45.4 Å². The highest BCUT2D eigenvalue weighted by Gasteiger charge is 2.53. The predicted molar refractivity (Wildman–Crippen MR) is 87.3 cm³/mol. The Morgan fingerprint density at radius 1 is 1.18 bits per heavy atom. The average Bonchev–Trinajstić information content (AvgIpc) is 2.67. The Hall–Kier alpha value is -0.875. The van der Waals surface area contributed by atoms with Gasteiger partial charge in [-0.2, -0.15) is 0 Å². The van der Waals surface area contributed by atoms with E-state index in [1.807, 2.05) is 45.9 Å². The second-order valence-corrected chi connectivity index (χ2v) is 7.19. The third kappa shape index (κ3) is 2.50. The Balaban J connectivity index is 2.01. The Kier molecular flexibility index (Phi) is 3.88. The monoisotopic (exact) mass is 323 g/mol. The van der Waals surface area contributed by atoms with Gasteiger partial charge < -0.3 is 14.6 Å². The summed E-state index contributed by atoms with van der Waals surface area (Å²) in [6, 6.07) is 5.55. The first-order chi connectivity index (χ1) is 10.2. The van der Waals surface area contributed by atoms with Gasteiger partial charge in [-0.25, -0.2) is 4.39 Å². The number of hydrogen-bond acceptors (Lipinski definition) is 3. The van der Waals surface area contributed by atoms with E-state index in [0.29, 0.717) is 23.7 Å². The summed E-state index contributed by atoms with van der Waals surface area (Å²) in [5.74, 6) is 0. The van der Waals surface area contributed by atoms with Crippen LogP contribution in [0.3, 0.4) is 0 Å². The summed E-state index contributed by atoms with van der Waals surface area (Å²) >= 11 is 6.21. The zero-order valence-corrected chi connectivity index (χ0v) is 14.1. The SMILES string of the molecule is CC1(C)OB(C(F)=C2CNCc3c(Cl)cccc32)OC1(C)C. The molecule has 2 heterocycles. The van der Waals surface area contributed by atoms with Crippen molar-refractivity contribution >= 4 is 24.3 Å². The summed E-state index contributed by atoms with van der Waals surface area (Å²) in [6.07, 6.45) is 0. The minimum Gasteiger partial charge on any atom is -0.398 e. The van der Waals surface area contributed by atoms with Crippen LogP contribution in [0.1, 0.15) is 38.8 Å². The van der Waals surface area contributed by atoms with Gasteiger partial charge in [-0.1, -0.05) is 23.7 Å². The number of benzene rings is 1. The van der Waals surface area contributed by atoms with E-state index in [2.05, 4.69) is 5.32 Å². The molecule has 1 saturated heterocycles. The van der Waals surface area contributed by atoms with Crippen LogP contribution in [0.4, 0.5) is 4.39 Å². The summed E-state index contributed by atoms with van der Waals surface area (Å²) in [5.41, 5.74) is 0.802. The van der Waals surface area contributed by atoms with Gasteiger partial charge in [0.15, 0.2) is 0 Å². The van der Waals surface area contributed by atoms with Crippen LogP contribution in [0.25, 0.3) is 5.57 Å². The average molecular weight is 324 g/mol. The van der Waals surface area contributed by atoms with E-state index in [1.165, 1.54) is 0 Å². The van der Waals surface area contributed by atoms with Crippen molar-refractivity contribution in [3.05, 3.63) is 40.1 Å². The summed E-state index contributed by atoms with van der Waals surface area (Å²) in [6.45, 7) is 8.71. The number of halogens is 2. The van der Waals surface area contributed by atoms with Crippen LogP contribution >= 0.6 is 11.6 Å². The Labute approximate surface area is 136 Å². The maximum atomic E-state index is 15.0. The highest BCUT2D eigenvalue weighted by molar-refractivity contribution is 6.55. The first-order valence-electron chi connectivity index (χ1n) is 7.45. The molecule has 0 aliphatic carbocycles. The van der Waals surface area contributed by atoms with Gasteiger partial charge in [0.05, 0.1) is 11.2 Å². The van der Waals surface area contributed by atoms with Crippen molar-refractivity contribution in [3.8, 4) is 0 Å². The Bertz CT molecular complexity index is 629. The normalized spacial score (nSPS) is 25.1. The van der Waals surface area contributed by atoms with Crippen LogP contribution in [-0.2, 0) is 15.9 Å². The standard InChI is InChI=1S/C16H20BClFNO2/c1-15(2)16(3,4)22-17(21-15)14(19)12-9-20-8-11-10(12)6-5-7-13(11)18/h5-7,20H,8-9H2,1-4H3. The molecule has 0 unspecified atom stereocenters. The predicted octanol–water partition coefficient (Wildman–Crippen LogP) is 3.76. The molecule has 2 aliphatic rings. The van der Waals surface area contributed by atoms with E-state index in [1.54, 1.807) is 0 Å². The highest BCUT2D eigenvalue weighted by atomic mass is 35.5. The van der Waals surface area contributed by atoms with E-state index in [-0.39, 0.29) is 5.73 Å². The van der Waals surface area contributed by atoms with Crippen molar-refractivity contribution in [2.75, 3.05) is 6.54 Å². The first-order valence-corrected chi connectivity index (χ1v) is 7.83. The van der Waals surface area contributed by atoms with Gasteiger partial charge in [0, 0.05) is 23.7 Å². The molecule has 1 aromatic rings.